The molecule has 0 aromatic rings. The molecule has 2 atom stereocenters. The van der Waals surface area contributed by atoms with Crippen molar-refractivity contribution in [2.75, 3.05) is 19.6 Å². The highest BCUT2D eigenvalue weighted by atomic mass is 16.2. The van der Waals surface area contributed by atoms with Crippen LogP contribution in [0.2, 0.25) is 0 Å². The predicted molar refractivity (Wildman–Crippen MR) is 73.4 cm³/mol. The fraction of sp³-hybridized carbons (Fsp3) is 0.929. The summed E-state index contributed by atoms with van der Waals surface area (Å²) in [5.41, 5.74) is 0. The summed E-state index contributed by atoms with van der Waals surface area (Å²) in [4.78, 5) is 14.3. The number of amides is 1. The summed E-state index contributed by atoms with van der Waals surface area (Å²) >= 11 is 0. The van der Waals surface area contributed by atoms with Gasteiger partial charge in [0.05, 0.1) is 6.54 Å². The van der Waals surface area contributed by atoms with Crippen LogP contribution in [0.5, 0.6) is 0 Å². The molecule has 0 spiro atoms. The second-order valence-corrected chi connectivity index (χ2v) is 6.19. The molecule has 1 saturated heterocycles. The SMILES string of the molecule is CC(C)C(C)NC(=O)CNC1CCN(C2CC2)C1. The largest absolute Gasteiger partial charge is 0.352 e. The second-order valence-electron chi connectivity index (χ2n) is 6.19. The first kappa shape index (κ1) is 13.8. The van der Waals surface area contributed by atoms with Crippen LogP contribution >= 0.6 is 0 Å². The average Bonchev–Trinajstić information content (AvgIpc) is 3.06. The second kappa shape index (κ2) is 6.02. The van der Waals surface area contributed by atoms with E-state index in [0.29, 0.717) is 18.5 Å². The number of hydrogen-bond donors (Lipinski definition) is 2. The Morgan fingerprint density at radius 3 is 2.61 bits per heavy atom. The minimum atomic E-state index is 0.126. The lowest BCUT2D eigenvalue weighted by atomic mass is 10.1. The van der Waals surface area contributed by atoms with E-state index >= 15 is 0 Å². The Balaban J connectivity index is 1.61. The number of nitrogens with one attached hydrogen (secondary N) is 2. The number of carbonyl (C=O) groups is 1. The highest BCUT2D eigenvalue weighted by Gasteiger charge is 2.34. The Hall–Kier alpha value is -0.610. The molecule has 1 saturated carbocycles. The van der Waals surface area contributed by atoms with Crippen molar-refractivity contribution < 1.29 is 4.79 Å². The van der Waals surface area contributed by atoms with Gasteiger partial charge in [0.2, 0.25) is 5.91 Å². The van der Waals surface area contributed by atoms with Crippen molar-refractivity contribution in [3.05, 3.63) is 0 Å². The molecule has 0 bridgehead atoms. The molecule has 1 aliphatic heterocycles. The molecule has 4 heteroatoms. The monoisotopic (exact) mass is 253 g/mol. The van der Waals surface area contributed by atoms with Gasteiger partial charge in [-0.15, -0.1) is 0 Å². The Morgan fingerprint density at radius 2 is 2.00 bits per heavy atom. The van der Waals surface area contributed by atoms with Crippen LogP contribution in [0.15, 0.2) is 0 Å². The lowest BCUT2D eigenvalue weighted by molar-refractivity contribution is -0.121. The standard InChI is InChI=1S/C14H27N3O/c1-10(2)11(3)16-14(18)8-15-12-6-7-17(9-12)13-4-5-13/h10-13,15H,4-9H2,1-3H3,(H,16,18). The number of likely N-dealkylation sites (tertiary alicyclic amines) is 1. The normalized spacial score (nSPS) is 26.6. The Bertz CT molecular complexity index is 289. The summed E-state index contributed by atoms with van der Waals surface area (Å²) in [6.07, 6.45) is 3.93. The van der Waals surface area contributed by atoms with Crippen molar-refractivity contribution in [3.8, 4) is 0 Å². The van der Waals surface area contributed by atoms with Crippen LogP contribution in [0.3, 0.4) is 0 Å². The van der Waals surface area contributed by atoms with E-state index in [0.717, 1.165) is 12.6 Å². The smallest absolute Gasteiger partial charge is 0.234 e. The van der Waals surface area contributed by atoms with E-state index in [4.69, 9.17) is 0 Å². The van der Waals surface area contributed by atoms with Crippen molar-refractivity contribution >= 4 is 5.91 Å². The third-order valence-electron chi connectivity index (χ3n) is 4.22. The topological polar surface area (TPSA) is 44.4 Å². The minimum Gasteiger partial charge on any atom is -0.352 e. The highest BCUT2D eigenvalue weighted by Crippen LogP contribution is 2.29. The minimum absolute atomic E-state index is 0.126. The molecule has 0 aromatic carbocycles. The van der Waals surface area contributed by atoms with Crippen molar-refractivity contribution in [1.82, 2.24) is 15.5 Å². The number of hydrogen-bond acceptors (Lipinski definition) is 3. The lowest BCUT2D eigenvalue weighted by Crippen LogP contribution is -2.44. The molecule has 104 valence electrons. The zero-order valence-electron chi connectivity index (χ0n) is 11.9. The molecule has 1 amide bonds. The molecular formula is C14H27N3O. The van der Waals surface area contributed by atoms with Crippen LogP contribution in [0.1, 0.15) is 40.0 Å². The summed E-state index contributed by atoms with van der Waals surface area (Å²) in [5, 5.41) is 6.42. The van der Waals surface area contributed by atoms with Crippen LogP contribution in [0.4, 0.5) is 0 Å². The van der Waals surface area contributed by atoms with E-state index in [2.05, 4.69) is 36.3 Å². The van der Waals surface area contributed by atoms with Crippen molar-refractivity contribution in [1.29, 1.82) is 0 Å². The number of nitrogens with zero attached hydrogens (tertiary/aromatic N) is 1. The van der Waals surface area contributed by atoms with Crippen molar-refractivity contribution in [2.24, 2.45) is 5.92 Å². The summed E-state index contributed by atoms with van der Waals surface area (Å²) in [7, 11) is 0. The Labute approximate surface area is 110 Å². The maximum atomic E-state index is 11.8. The Morgan fingerprint density at radius 1 is 1.28 bits per heavy atom. The van der Waals surface area contributed by atoms with Gasteiger partial charge in [-0.05, 0) is 32.1 Å². The van der Waals surface area contributed by atoms with Crippen LogP contribution in [0.25, 0.3) is 0 Å². The first-order valence-corrected chi connectivity index (χ1v) is 7.33. The van der Waals surface area contributed by atoms with Gasteiger partial charge in [0.1, 0.15) is 0 Å². The molecule has 2 N–H and O–H groups in total. The Kier molecular flexibility index (Phi) is 4.62. The van der Waals surface area contributed by atoms with Gasteiger partial charge in [0.25, 0.3) is 0 Å². The van der Waals surface area contributed by atoms with Gasteiger partial charge in [-0.25, -0.2) is 0 Å². The maximum Gasteiger partial charge on any atom is 0.234 e. The first-order chi connectivity index (χ1) is 8.56. The molecule has 2 fully saturated rings. The zero-order valence-corrected chi connectivity index (χ0v) is 11.9. The van der Waals surface area contributed by atoms with Crippen LogP contribution in [0, 0.1) is 5.92 Å². The van der Waals surface area contributed by atoms with Gasteiger partial charge in [-0.1, -0.05) is 13.8 Å². The number of rotatable bonds is 6. The summed E-state index contributed by atoms with van der Waals surface area (Å²) in [6, 6.07) is 1.61. The lowest BCUT2D eigenvalue weighted by Gasteiger charge is -2.19. The number of carbonyl (C=O) groups excluding carboxylic acids is 1. The van der Waals surface area contributed by atoms with Crippen LogP contribution in [-0.2, 0) is 4.79 Å². The first-order valence-electron chi connectivity index (χ1n) is 7.33. The molecule has 2 aliphatic rings. The maximum absolute atomic E-state index is 11.8. The molecule has 1 heterocycles. The fourth-order valence-corrected chi connectivity index (χ4v) is 2.43. The third-order valence-corrected chi connectivity index (χ3v) is 4.22. The van der Waals surface area contributed by atoms with E-state index in [1.54, 1.807) is 0 Å². The van der Waals surface area contributed by atoms with Gasteiger partial charge in [-0.2, -0.15) is 0 Å². The van der Waals surface area contributed by atoms with E-state index in [1.807, 2.05) is 0 Å². The van der Waals surface area contributed by atoms with Crippen LogP contribution in [-0.4, -0.2) is 48.6 Å². The summed E-state index contributed by atoms with van der Waals surface area (Å²) in [5.74, 6) is 0.617. The van der Waals surface area contributed by atoms with E-state index < -0.39 is 0 Å². The van der Waals surface area contributed by atoms with Crippen LogP contribution < -0.4 is 10.6 Å². The van der Waals surface area contributed by atoms with E-state index in [1.165, 1.54) is 25.8 Å². The van der Waals surface area contributed by atoms with Crippen molar-refractivity contribution in [3.63, 3.8) is 0 Å². The fourth-order valence-electron chi connectivity index (χ4n) is 2.43. The van der Waals surface area contributed by atoms with Gasteiger partial charge in [0, 0.05) is 31.2 Å². The molecule has 4 nitrogen and oxygen atoms in total. The molecule has 18 heavy (non-hydrogen) atoms. The predicted octanol–water partition coefficient (Wildman–Crippen LogP) is 0.973. The van der Waals surface area contributed by atoms with Gasteiger partial charge in [-0.3, -0.25) is 9.69 Å². The summed E-state index contributed by atoms with van der Waals surface area (Å²) in [6.45, 7) is 9.10. The van der Waals surface area contributed by atoms with E-state index in [9.17, 15) is 4.79 Å². The zero-order chi connectivity index (χ0) is 13.1. The summed E-state index contributed by atoms with van der Waals surface area (Å²) < 4.78 is 0. The third kappa shape index (κ3) is 3.95. The average molecular weight is 253 g/mol. The van der Waals surface area contributed by atoms with Gasteiger partial charge in [0.15, 0.2) is 0 Å². The quantitative estimate of drug-likeness (QED) is 0.741. The van der Waals surface area contributed by atoms with Gasteiger partial charge < -0.3 is 10.6 Å². The van der Waals surface area contributed by atoms with Crippen molar-refractivity contribution in [2.45, 2.75) is 58.2 Å². The molecule has 1 aliphatic carbocycles. The van der Waals surface area contributed by atoms with E-state index in [-0.39, 0.29) is 11.9 Å². The highest BCUT2D eigenvalue weighted by molar-refractivity contribution is 5.78. The molecule has 2 unspecified atom stereocenters. The molecule has 0 aromatic heterocycles. The molecule has 0 radical (unpaired) electrons. The molecule has 2 rings (SSSR count). The molecular weight excluding hydrogens is 226 g/mol. The van der Waals surface area contributed by atoms with Gasteiger partial charge >= 0.3 is 0 Å².